The molecule has 0 radical (unpaired) electrons. The molecular formula is C36H56N8O9. The molecule has 8 N–H and O–H groups in total. The van der Waals surface area contributed by atoms with E-state index in [4.69, 9.17) is 0 Å². The lowest BCUT2D eigenvalue weighted by molar-refractivity contribution is -0.136. The summed E-state index contributed by atoms with van der Waals surface area (Å²) < 4.78 is 0. The number of nitrogens with one attached hydrogen (secondary N) is 6. The SMILES string of the molecule is CC[C@H](C)[C@@H]1NC(=O)C(CCCN=O)NC(=O)CNC(=O)[C@H](Cc2ccc(O)cc2)N=C[C@H](CC(C)C)NC(=O)C(C(C)C)NC(=O)[C@H](CO)NC1=O. The number of hydrogen-bond acceptors (Lipinski definition) is 11. The van der Waals surface area contributed by atoms with Crippen LogP contribution >= 0.6 is 0 Å². The third kappa shape index (κ3) is 14.9. The molecule has 17 nitrogen and oxygen atoms in total. The normalized spacial score (nSPS) is 24.9. The second-order valence-electron chi connectivity index (χ2n) is 14.1. The molecule has 0 spiro atoms. The van der Waals surface area contributed by atoms with E-state index in [-0.39, 0.29) is 37.5 Å². The largest absolute Gasteiger partial charge is 0.508 e. The summed E-state index contributed by atoms with van der Waals surface area (Å²) in [6.07, 6.45) is 2.47. The molecule has 2 rings (SSSR count). The van der Waals surface area contributed by atoms with E-state index in [1.54, 1.807) is 39.8 Å². The minimum absolute atomic E-state index is 0.0175. The summed E-state index contributed by atoms with van der Waals surface area (Å²) in [6, 6.07) is -0.594. The van der Waals surface area contributed by atoms with Gasteiger partial charge in [-0.25, -0.2) is 0 Å². The summed E-state index contributed by atoms with van der Waals surface area (Å²) in [6.45, 7) is 9.29. The molecule has 0 aromatic heterocycles. The first-order valence-electron chi connectivity index (χ1n) is 18.1. The molecule has 0 fully saturated rings. The number of phenols is 1. The second-order valence-corrected chi connectivity index (χ2v) is 14.1. The summed E-state index contributed by atoms with van der Waals surface area (Å²) in [5.41, 5.74) is 0.653. The first-order valence-corrected chi connectivity index (χ1v) is 18.1. The number of amides is 6. The first kappa shape index (κ1) is 44.2. The van der Waals surface area contributed by atoms with Crippen LogP contribution in [0.5, 0.6) is 5.75 Å². The fourth-order valence-corrected chi connectivity index (χ4v) is 5.57. The van der Waals surface area contributed by atoms with Crippen LogP contribution in [0.15, 0.2) is 34.4 Å². The number of aliphatic hydroxyl groups excluding tert-OH is 1. The van der Waals surface area contributed by atoms with E-state index >= 15 is 0 Å². The van der Waals surface area contributed by atoms with Gasteiger partial charge in [0.2, 0.25) is 35.4 Å². The number of carbonyl (C=O) groups excluding carboxylic acids is 6. The van der Waals surface area contributed by atoms with Gasteiger partial charge in [0, 0.05) is 12.6 Å². The third-order valence-electron chi connectivity index (χ3n) is 8.84. The quantitative estimate of drug-likeness (QED) is 0.107. The number of nitrogens with zero attached hydrogens (tertiary/aromatic N) is 2. The van der Waals surface area contributed by atoms with Gasteiger partial charge in [0.1, 0.15) is 36.0 Å². The Bertz CT molecular complexity index is 1440. The average molecular weight is 745 g/mol. The lowest BCUT2D eigenvalue weighted by Crippen LogP contribution is -2.61. The highest BCUT2D eigenvalue weighted by molar-refractivity contribution is 5.97. The van der Waals surface area contributed by atoms with Gasteiger partial charge >= 0.3 is 0 Å². The highest BCUT2D eigenvalue weighted by Crippen LogP contribution is 2.14. The Kier molecular flexibility index (Phi) is 18.5. The zero-order valence-electron chi connectivity index (χ0n) is 31.4. The predicted octanol–water partition coefficient (Wildman–Crippen LogP) is 0.215. The van der Waals surface area contributed by atoms with Crippen LogP contribution in [0.25, 0.3) is 0 Å². The van der Waals surface area contributed by atoms with Crippen molar-refractivity contribution in [1.29, 1.82) is 0 Å². The van der Waals surface area contributed by atoms with Crippen LogP contribution < -0.4 is 31.9 Å². The maximum absolute atomic E-state index is 13.7. The average Bonchev–Trinajstić information content (AvgIpc) is 3.11. The molecule has 1 aromatic carbocycles. The molecule has 6 amide bonds. The van der Waals surface area contributed by atoms with E-state index in [0.29, 0.717) is 18.4 Å². The van der Waals surface area contributed by atoms with Crippen LogP contribution in [0.4, 0.5) is 0 Å². The number of phenolic OH excluding ortho intramolecular Hbond substituents is 1. The molecule has 7 atom stereocenters. The number of hydrogen-bond donors (Lipinski definition) is 8. The highest BCUT2D eigenvalue weighted by atomic mass is 16.3. The maximum Gasteiger partial charge on any atom is 0.245 e. The number of aliphatic imine (C=N–C) groups is 1. The lowest BCUT2D eigenvalue weighted by atomic mass is 9.97. The summed E-state index contributed by atoms with van der Waals surface area (Å²) >= 11 is 0. The molecule has 294 valence electrons. The van der Waals surface area contributed by atoms with Crippen LogP contribution in [-0.2, 0) is 35.2 Å². The predicted molar refractivity (Wildman–Crippen MR) is 197 cm³/mol. The lowest BCUT2D eigenvalue weighted by Gasteiger charge is -2.29. The summed E-state index contributed by atoms with van der Waals surface area (Å²) in [4.78, 5) is 96.2. The van der Waals surface area contributed by atoms with Gasteiger partial charge in [-0.1, -0.05) is 65.3 Å². The van der Waals surface area contributed by atoms with Gasteiger partial charge in [0.25, 0.3) is 0 Å². The Balaban J connectivity index is 2.60. The van der Waals surface area contributed by atoms with Crippen LogP contribution in [0.3, 0.4) is 0 Å². The Labute approximate surface area is 310 Å². The van der Waals surface area contributed by atoms with Gasteiger partial charge in [-0.2, -0.15) is 4.91 Å². The van der Waals surface area contributed by atoms with E-state index in [9.17, 15) is 43.9 Å². The van der Waals surface area contributed by atoms with Crippen molar-refractivity contribution in [3.05, 3.63) is 34.7 Å². The number of rotatable bonds is 12. The Morgan fingerprint density at radius 2 is 1.43 bits per heavy atom. The fraction of sp³-hybridized carbons (Fsp3) is 0.639. The van der Waals surface area contributed by atoms with Gasteiger partial charge < -0.3 is 42.1 Å². The second kappa shape index (κ2) is 22.2. The number of aliphatic hydroxyl groups is 1. The van der Waals surface area contributed by atoms with Gasteiger partial charge in [0.05, 0.1) is 25.7 Å². The molecule has 0 saturated carbocycles. The standard InChI is InChI=1S/C36H56N8O9/c1-7-22(6)31-36(52)42-28(19-45)34(50)43-30(21(4)5)35(51)40-24(15-20(2)3)17-37-27(16-23-10-12-25(46)13-11-23)32(48)38-18-29(47)41-26(33(49)44-31)9-8-14-39-53/h10-13,17,20-22,24,26-28,30-31,45-46H,7-9,14-16,18-19H2,1-6H3,(H,38,48)(H,40,51)(H,41,47)(H,42,52)(H,43,50)(H,44,49)/t22-,24-,26?,27-,28-,30?,31-/m0/s1. The van der Waals surface area contributed by atoms with Crippen LogP contribution in [0, 0.1) is 22.7 Å². The molecule has 53 heavy (non-hydrogen) atoms. The van der Waals surface area contributed by atoms with Crippen molar-refractivity contribution in [2.75, 3.05) is 19.7 Å². The Morgan fingerprint density at radius 1 is 0.811 bits per heavy atom. The summed E-state index contributed by atoms with van der Waals surface area (Å²) in [5.74, 6) is -5.09. The van der Waals surface area contributed by atoms with Crippen LogP contribution in [0.1, 0.15) is 72.8 Å². The zero-order valence-corrected chi connectivity index (χ0v) is 31.4. The van der Waals surface area contributed by atoms with E-state index in [1.165, 1.54) is 18.3 Å². The minimum atomic E-state index is -1.48. The summed E-state index contributed by atoms with van der Waals surface area (Å²) in [5, 5.41) is 38.4. The van der Waals surface area contributed by atoms with Crippen molar-refractivity contribution in [2.45, 2.75) is 110 Å². The molecule has 17 heteroatoms. The van der Waals surface area contributed by atoms with Crippen LogP contribution in [-0.4, -0.2) is 108 Å². The van der Waals surface area contributed by atoms with Crippen LogP contribution in [0.2, 0.25) is 0 Å². The van der Waals surface area contributed by atoms with E-state index in [0.717, 1.165) is 0 Å². The molecule has 1 aliphatic rings. The smallest absolute Gasteiger partial charge is 0.245 e. The zero-order chi connectivity index (χ0) is 39.7. The molecule has 1 aromatic rings. The Hall–Kier alpha value is -4.93. The number of benzene rings is 1. The molecular weight excluding hydrogens is 688 g/mol. The topological polar surface area (TPSA) is 257 Å². The number of nitroso groups, excluding NO2 is 1. The van der Waals surface area contributed by atoms with Crippen molar-refractivity contribution >= 4 is 41.7 Å². The van der Waals surface area contributed by atoms with Crippen molar-refractivity contribution in [3.63, 3.8) is 0 Å². The summed E-state index contributed by atoms with van der Waals surface area (Å²) in [7, 11) is 0. The minimum Gasteiger partial charge on any atom is -0.508 e. The molecule has 0 bridgehead atoms. The highest BCUT2D eigenvalue weighted by Gasteiger charge is 2.34. The molecule has 1 aliphatic heterocycles. The van der Waals surface area contributed by atoms with Gasteiger partial charge in [-0.3, -0.25) is 33.8 Å². The van der Waals surface area contributed by atoms with Gasteiger partial charge in [0.15, 0.2) is 0 Å². The van der Waals surface area contributed by atoms with Crippen molar-refractivity contribution in [3.8, 4) is 5.75 Å². The van der Waals surface area contributed by atoms with E-state index in [1.807, 2.05) is 13.8 Å². The number of aromatic hydroxyl groups is 1. The maximum atomic E-state index is 13.7. The van der Waals surface area contributed by atoms with E-state index in [2.05, 4.69) is 42.1 Å². The molecule has 0 saturated heterocycles. The fourth-order valence-electron chi connectivity index (χ4n) is 5.57. The van der Waals surface area contributed by atoms with Crippen molar-refractivity contribution < 1.29 is 39.0 Å². The van der Waals surface area contributed by atoms with Crippen molar-refractivity contribution in [2.24, 2.45) is 27.9 Å². The molecule has 1 heterocycles. The monoisotopic (exact) mass is 744 g/mol. The van der Waals surface area contributed by atoms with Gasteiger partial charge in [-0.05, 0) is 54.7 Å². The van der Waals surface area contributed by atoms with E-state index < -0.39 is 96.7 Å². The third-order valence-corrected chi connectivity index (χ3v) is 8.84. The number of carbonyl (C=O) groups is 6. The van der Waals surface area contributed by atoms with Gasteiger partial charge in [-0.15, -0.1) is 0 Å². The molecule has 0 aliphatic carbocycles. The first-order chi connectivity index (χ1) is 25.1. The van der Waals surface area contributed by atoms with Crippen molar-refractivity contribution in [1.82, 2.24) is 31.9 Å². The molecule has 2 unspecified atom stereocenters. The Morgan fingerprint density at radius 3 is 2.02 bits per heavy atom.